The van der Waals surface area contributed by atoms with Crippen LogP contribution in [0, 0.1) is 0 Å². The highest BCUT2D eigenvalue weighted by molar-refractivity contribution is 7.89. The summed E-state index contributed by atoms with van der Waals surface area (Å²) in [4.78, 5) is 15.8. The average molecular weight is 410 g/mol. The van der Waals surface area contributed by atoms with E-state index in [4.69, 9.17) is 9.88 Å². The predicted molar refractivity (Wildman–Crippen MR) is 105 cm³/mol. The fourth-order valence-corrected chi connectivity index (χ4v) is 4.28. The van der Waals surface area contributed by atoms with Gasteiger partial charge < -0.3 is 10.1 Å². The highest BCUT2D eigenvalue weighted by atomic mass is 32.2. The molecule has 1 fully saturated rings. The molecule has 2 heterocycles. The second-order valence-electron chi connectivity index (χ2n) is 6.50. The summed E-state index contributed by atoms with van der Waals surface area (Å²) in [6, 6.07) is 9.86. The van der Waals surface area contributed by atoms with Gasteiger partial charge in [0.05, 0.1) is 17.5 Å². The van der Waals surface area contributed by atoms with Gasteiger partial charge in [-0.1, -0.05) is 6.07 Å². The molecule has 2 aromatic rings. The number of benzene rings is 1. The van der Waals surface area contributed by atoms with Crippen LogP contribution in [0.2, 0.25) is 0 Å². The Morgan fingerprint density at radius 1 is 1.30 bits per heavy atom. The van der Waals surface area contributed by atoms with Crippen LogP contribution in [0.1, 0.15) is 17.7 Å². The smallest absolute Gasteiger partial charge is 0.238 e. The average Bonchev–Trinajstić information content (AvgIpc) is 3.28. The molecular weight excluding hydrogens is 386 g/mol. The third-order valence-corrected chi connectivity index (χ3v) is 6.07. The van der Waals surface area contributed by atoms with Gasteiger partial charge in [0.25, 0.3) is 0 Å². The number of nitrogens with two attached hydrogens (primary N) is 1. The standard InChI is InChI=1S/C18H23N3O4S2/c19-27(23,24)17-7-5-14(6-8-17)20-18(22)13-21(11-15-3-1-9-25-15)12-16-4-2-10-26-16/h2,4-8,10,15H,1,3,9,11-13H2,(H,20,22)(H2,19,23,24)/t15-/m0/s1. The molecular formula is C18H23N3O4S2. The van der Waals surface area contributed by atoms with Crippen LogP contribution in [0.4, 0.5) is 5.69 Å². The van der Waals surface area contributed by atoms with Gasteiger partial charge in [-0.2, -0.15) is 0 Å². The number of hydrogen-bond donors (Lipinski definition) is 2. The summed E-state index contributed by atoms with van der Waals surface area (Å²) in [6.07, 6.45) is 2.23. The summed E-state index contributed by atoms with van der Waals surface area (Å²) < 4.78 is 28.3. The number of primary sulfonamides is 1. The van der Waals surface area contributed by atoms with E-state index in [1.54, 1.807) is 11.3 Å². The van der Waals surface area contributed by atoms with E-state index in [1.807, 2.05) is 11.4 Å². The monoisotopic (exact) mass is 409 g/mol. The maximum Gasteiger partial charge on any atom is 0.238 e. The number of nitrogens with one attached hydrogen (secondary N) is 1. The number of amides is 1. The number of carbonyl (C=O) groups is 1. The molecule has 1 atom stereocenters. The molecule has 9 heteroatoms. The van der Waals surface area contributed by atoms with Crippen molar-refractivity contribution >= 4 is 33.0 Å². The SMILES string of the molecule is NS(=O)(=O)c1ccc(NC(=O)CN(Cc2cccs2)C[C@@H]2CCCO2)cc1. The van der Waals surface area contributed by atoms with E-state index in [-0.39, 0.29) is 23.5 Å². The lowest BCUT2D eigenvalue weighted by Gasteiger charge is -2.24. The first-order valence-electron chi connectivity index (χ1n) is 8.69. The molecule has 3 rings (SSSR count). The molecule has 3 N–H and O–H groups in total. The molecule has 0 radical (unpaired) electrons. The number of anilines is 1. The third-order valence-electron chi connectivity index (χ3n) is 4.28. The number of nitrogens with zero attached hydrogens (tertiary/aromatic N) is 1. The van der Waals surface area contributed by atoms with E-state index < -0.39 is 10.0 Å². The Hall–Kier alpha value is -1.78. The molecule has 1 aliphatic rings. The fourth-order valence-electron chi connectivity index (χ4n) is 3.02. The maximum absolute atomic E-state index is 12.5. The van der Waals surface area contributed by atoms with Crippen molar-refractivity contribution in [1.29, 1.82) is 0 Å². The van der Waals surface area contributed by atoms with Crippen molar-refractivity contribution in [3.63, 3.8) is 0 Å². The molecule has 0 spiro atoms. The summed E-state index contributed by atoms with van der Waals surface area (Å²) in [5.74, 6) is -0.159. The van der Waals surface area contributed by atoms with Crippen LogP contribution < -0.4 is 10.5 Å². The quantitative estimate of drug-likeness (QED) is 0.694. The number of thiophene rings is 1. The second-order valence-corrected chi connectivity index (χ2v) is 9.10. The largest absolute Gasteiger partial charge is 0.377 e. The van der Waals surface area contributed by atoms with E-state index in [1.165, 1.54) is 29.1 Å². The van der Waals surface area contributed by atoms with Crippen molar-refractivity contribution in [2.45, 2.75) is 30.4 Å². The molecule has 1 aromatic carbocycles. The Balaban J connectivity index is 1.60. The zero-order valence-electron chi connectivity index (χ0n) is 14.8. The van der Waals surface area contributed by atoms with Crippen molar-refractivity contribution in [2.24, 2.45) is 5.14 Å². The first kappa shape index (κ1) is 20.0. The van der Waals surface area contributed by atoms with Crippen molar-refractivity contribution < 1.29 is 17.9 Å². The molecule has 0 saturated carbocycles. The van der Waals surface area contributed by atoms with Crippen LogP contribution in [0.15, 0.2) is 46.7 Å². The Bertz CT molecular complexity index is 845. The number of rotatable bonds is 8. The highest BCUT2D eigenvalue weighted by Crippen LogP contribution is 2.18. The Kier molecular flexibility index (Phi) is 6.61. The zero-order valence-corrected chi connectivity index (χ0v) is 16.5. The van der Waals surface area contributed by atoms with Crippen molar-refractivity contribution in [3.05, 3.63) is 46.7 Å². The van der Waals surface area contributed by atoms with Gasteiger partial charge in [0.1, 0.15) is 0 Å². The van der Waals surface area contributed by atoms with Crippen LogP contribution in [0.5, 0.6) is 0 Å². The van der Waals surface area contributed by atoms with Gasteiger partial charge in [0, 0.05) is 30.3 Å². The van der Waals surface area contributed by atoms with Crippen molar-refractivity contribution in [3.8, 4) is 0 Å². The number of carbonyl (C=O) groups excluding carboxylic acids is 1. The van der Waals surface area contributed by atoms with Gasteiger partial charge in [0.15, 0.2) is 0 Å². The molecule has 0 bridgehead atoms. The minimum atomic E-state index is -3.74. The van der Waals surface area contributed by atoms with Crippen LogP contribution in [0.25, 0.3) is 0 Å². The zero-order chi connectivity index (χ0) is 19.3. The topological polar surface area (TPSA) is 102 Å². The van der Waals surface area contributed by atoms with Gasteiger partial charge in [-0.05, 0) is 48.6 Å². The summed E-state index contributed by atoms with van der Waals surface area (Å²) in [7, 11) is -3.74. The van der Waals surface area contributed by atoms with Crippen LogP contribution >= 0.6 is 11.3 Å². The predicted octanol–water partition coefficient (Wildman–Crippen LogP) is 2.02. The molecule has 1 aromatic heterocycles. The molecule has 1 saturated heterocycles. The molecule has 146 valence electrons. The molecule has 1 aliphatic heterocycles. The van der Waals surface area contributed by atoms with Gasteiger partial charge >= 0.3 is 0 Å². The summed E-state index contributed by atoms with van der Waals surface area (Å²) in [5, 5.41) is 9.91. The van der Waals surface area contributed by atoms with Gasteiger partial charge in [0.2, 0.25) is 15.9 Å². The van der Waals surface area contributed by atoms with E-state index in [0.29, 0.717) is 18.8 Å². The lowest BCUT2D eigenvalue weighted by molar-refractivity contribution is -0.117. The minimum Gasteiger partial charge on any atom is -0.377 e. The van der Waals surface area contributed by atoms with E-state index in [9.17, 15) is 13.2 Å². The Morgan fingerprint density at radius 2 is 2.07 bits per heavy atom. The number of hydrogen-bond acceptors (Lipinski definition) is 6. The number of sulfonamides is 1. The maximum atomic E-state index is 12.5. The van der Waals surface area contributed by atoms with Crippen LogP contribution in [-0.4, -0.2) is 45.0 Å². The van der Waals surface area contributed by atoms with Gasteiger partial charge in [-0.15, -0.1) is 11.3 Å². The molecule has 0 aliphatic carbocycles. The van der Waals surface area contributed by atoms with E-state index in [2.05, 4.69) is 16.3 Å². The van der Waals surface area contributed by atoms with E-state index in [0.717, 1.165) is 19.4 Å². The molecule has 27 heavy (non-hydrogen) atoms. The second kappa shape index (κ2) is 8.94. The Morgan fingerprint density at radius 3 is 2.67 bits per heavy atom. The van der Waals surface area contributed by atoms with Gasteiger partial charge in [-0.25, -0.2) is 13.6 Å². The number of ether oxygens (including phenoxy) is 1. The Labute approximate surface area is 163 Å². The first-order valence-corrected chi connectivity index (χ1v) is 11.1. The summed E-state index contributed by atoms with van der Waals surface area (Å²) >= 11 is 1.66. The molecule has 7 nitrogen and oxygen atoms in total. The van der Waals surface area contributed by atoms with Crippen molar-refractivity contribution in [1.82, 2.24) is 4.90 Å². The van der Waals surface area contributed by atoms with Crippen LogP contribution in [-0.2, 0) is 26.1 Å². The fraction of sp³-hybridized carbons (Fsp3) is 0.389. The summed E-state index contributed by atoms with van der Waals surface area (Å²) in [5.41, 5.74) is 0.528. The summed E-state index contributed by atoms with van der Waals surface area (Å²) in [6.45, 7) is 2.40. The molecule has 1 amide bonds. The van der Waals surface area contributed by atoms with E-state index >= 15 is 0 Å². The minimum absolute atomic E-state index is 0.0122. The van der Waals surface area contributed by atoms with Crippen LogP contribution in [0.3, 0.4) is 0 Å². The highest BCUT2D eigenvalue weighted by Gasteiger charge is 2.21. The molecule has 0 unspecified atom stereocenters. The lowest BCUT2D eigenvalue weighted by atomic mass is 10.2. The third kappa shape index (κ3) is 6.12. The van der Waals surface area contributed by atoms with Crippen molar-refractivity contribution in [2.75, 3.05) is 25.0 Å². The lowest BCUT2D eigenvalue weighted by Crippen LogP contribution is -2.37. The normalized spacial score (nSPS) is 17.3. The first-order chi connectivity index (χ1) is 12.9. The van der Waals surface area contributed by atoms with Gasteiger partial charge in [-0.3, -0.25) is 9.69 Å².